The summed E-state index contributed by atoms with van der Waals surface area (Å²) < 4.78 is 5.33. The van der Waals surface area contributed by atoms with Gasteiger partial charge in [-0.25, -0.2) is 4.79 Å². The van der Waals surface area contributed by atoms with Crippen molar-refractivity contribution >= 4 is 34.4 Å². The number of anilines is 1. The Morgan fingerprint density at radius 1 is 0.953 bits per heavy atom. The van der Waals surface area contributed by atoms with Gasteiger partial charge < -0.3 is 25.4 Å². The van der Waals surface area contributed by atoms with Crippen LogP contribution in [0.15, 0.2) is 66.7 Å². The van der Waals surface area contributed by atoms with E-state index in [4.69, 9.17) is 11.2 Å². The maximum Gasteiger partial charge on any atom is 0.408 e. The predicted molar refractivity (Wildman–Crippen MR) is 170 cm³/mol. The SMILES string of the molecule is C#Cc1ccccc1C(C(=O)Nc1ccc2ccccc2c1)N(CCCCCCC)C(=O)C(CO)NC(=O)OC(C)(C)C. The van der Waals surface area contributed by atoms with Gasteiger partial charge in [-0.2, -0.15) is 0 Å². The van der Waals surface area contributed by atoms with Gasteiger partial charge in [-0.1, -0.05) is 87.1 Å². The number of hydrogen-bond acceptors (Lipinski definition) is 5. The number of hydrogen-bond donors (Lipinski definition) is 3. The lowest BCUT2D eigenvalue weighted by Crippen LogP contribution is -2.54. The Labute approximate surface area is 254 Å². The van der Waals surface area contributed by atoms with Crippen LogP contribution in [0.2, 0.25) is 0 Å². The van der Waals surface area contributed by atoms with Crippen LogP contribution in [0.5, 0.6) is 0 Å². The number of terminal acetylenes is 1. The molecule has 3 aromatic carbocycles. The molecule has 0 saturated carbocycles. The van der Waals surface area contributed by atoms with Gasteiger partial charge in [0, 0.05) is 17.8 Å². The first-order valence-corrected chi connectivity index (χ1v) is 14.8. The number of aliphatic hydroxyl groups is 1. The number of rotatable bonds is 13. The Hall–Kier alpha value is -4.35. The molecule has 3 amide bonds. The summed E-state index contributed by atoms with van der Waals surface area (Å²) in [7, 11) is 0. The van der Waals surface area contributed by atoms with E-state index in [2.05, 4.69) is 23.5 Å². The third kappa shape index (κ3) is 9.59. The Kier molecular flexibility index (Phi) is 12.2. The van der Waals surface area contributed by atoms with Gasteiger partial charge in [-0.15, -0.1) is 6.42 Å². The second-order valence-electron chi connectivity index (χ2n) is 11.5. The zero-order valence-electron chi connectivity index (χ0n) is 25.6. The highest BCUT2D eigenvalue weighted by molar-refractivity contribution is 6.00. The third-order valence-corrected chi connectivity index (χ3v) is 6.95. The van der Waals surface area contributed by atoms with Crippen LogP contribution < -0.4 is 10.6 Å². The van der Waals surface area contributed by atoms with E-state index in [1.165, 1.54) is 4.90 Å². The molecule has 0 bridgehead atoms. The van der Waals surface area contributed by atoms with Crippen LogP contribution in [0.3, 0.4) is 0 Å². The predicted octanol–water partition coefficient (Wildman–Crippen LogP) is 6.19. The fraction of sp³-hybridized carbons (Fsp3) is 0.400. The number of carbonyl (C=O) groups is 3. The molecule has 0 aliphatic rings. The Balaban J connectivity index is 2.03. The number of nitrogens with zero attached hydrogens (tertiary/aromatic N) is 1. The lowest BCUT2D eigenvalue weighted by molar-refractivity contribution is -0.141. The van der Waals surface area contributed by atoms with Crippen molar-refractivity contribution < 1.29 is 24.2 Å². The smallest absolute Gasteiger partial charge is 0.408 e. The van der Waals surface area contributed by atoms with Crippen molar-refractivity contribution in [1.82, 2.24) is 10.2 Å². The van der Waals surface area contributed by atoms with Gasteiger partial charge in [-0.3, -0.25) is 9.59 Å². The molecule has 3 rings (SSSR count). The van der Waals surface area contributed by atoms with Crippen molar-refractivity contribution in [2.45, 2.75) is 77.5 Å². The zero-order chi connectivity index (χ0) is 31.4. The number of benzene rings is 3. The minimum Gasteiger partial charge on any atom is -0.444 e. The van der Waals surface area contributed by atoms with Crippen LogP contribution in [0, 0.1) is 12.3 Å². The summed E-state index contributed by atoms with van der Waals surface area (Å²) in [5.41, 5.74) is 0.692. The normalized spacial score (nSPS) is 12.6. The van der Waals surface area contributed by atoms with E-state index in [-0.39, 0.29) is 6.54 Å². The summed E-state index contributed by atoms with van der Waals surface area (Å²) in [6, 6.07) is 17.9. The fourth-order valence-electron chi connectivity index (χ4n) is 4.88. The Morgan fingerprint density at radius 2 is 1.63 bits per heavy atom. The van der Waals surface area contributed by atoms with Crippen molar-refractivity contribution in [3.05, 3.63) is 77.9 Å². The largest absolute Gasteiger partial charge is 0.444 e. The molecule has 3 aromatic rings. The molecule has 2 unspecified atom stereocenters. The highest BCUT2D eigenvalue weighted by Gasteiger charge is 2.37. The molecule has 43 heavy (non-hydrogen) atoms. The highest BCUT2D eigenvalue weighted by atomic mass is 16.6. The number of fused-ring (bicyclic) bond motifs is 1. The number of alkyl carbamates (subject to hydrolysis) is 1. The average molecular weight is 586 g/mol. The fourth-order valence-corrected chi connectivity index (χ4v) is 4.88. The topological polar surface area (TPSA) is 108 Å². The number of carbonyl (C=O) groups excluding carboxylic acids is 3. The Morgan fingerprint density at radius 3 is 2.30 bits per heavy atom. The first-order valence-electron chi connectivity index (χ1n) is 14.8. The summed E-state index contributed by atoms with van der Waals surface area (Å²) in [4.78, 5) is 42.3. The van der Waals surface area contributed by atoms with Gasteiger partial charge in [0.25, 0.3) is 5.91 Å². The van der Waals surface area contributed by atoms with Crippen molar-refractivity contribution in [2.75, 3.05) is 18.5 Å². The second kappa shape index (κ2) is 15.8. The molecule has 0 aliphatic heterocycles. The average Bonchev–Trinajstić information content (AvgIpc) is 2.98. The second-order valence-corrected chi connectivity index (χ2v) is 11.5. The van der Waals surface area contributed by atoms with Crippen LogP contribution in [-0.2, 0) is 14.3 Å². The maximum absolute atomic E-state index is 14.2. The van der Waals surface area contributed by atoms with Crippen molar-refractivity contribution in [1.29, 1.82) is 0 Å². The molecule has 2 atom stereocenters. The monoisotopic (exact) mass is 585 g/mol. The van der Waals surface area contributed by atoms with E-state index in [0.29, 0.717) is 23.2 Å². The van der Waals surface area contributed by atoms with E-state index in [0.717, 1.165) is 36.5 Å². The zero-order valence-corrected chi connectivity index (χ0v) is 25.6. The summed E-state index contributed by atoms with van der Waals surface area (Å²) in [6.45, 7) is 6.76. The van der Waals surface area contributed by atoms with E-state index >= 15 is 0 Å². The van der Waals surface area contributed by atoms with Crippen molar-refractivity contribution in [3.63, 3.8) is 0 Å². The van der Waals surface area contributed by atoms with E-state index < -0.39 is 42.2 Å². The minimum atomic E-state index is -1.33. The van der Waals surface area contributed by atoms with Crippen LogP contribution in [0.1, 0.15) is 77.0 Å². The van der Waals surface area contributed by atoms with Crippen LogP contribution in [-0.4, -0.2) is 52.7 Å². The van der Waals surface area contributed by atoms with Gasteiger partial charge >= 0.3 is 6.09 Å². The molecule has 0 aliphatic carbocycles. The molecular formula is C35H43N3O5. The summed E-state index contributed by atoms with van der Waals surface area (Å²) in [5, 5.41) is 17.7. The first-order chi connectivity index (χ1) is 20.6. The van der Waals surface area contributed by atoms with Gasteiger partial charge in [0.1, 0.15) is 17.7 Å². The first kappa shape index (κ1) is 33.2. The molecule has 0 radical (unpaired) electrons. The molecule has 0 heterocycles. The lowest BCUT2D eigenvalue weighted by Gasteiger charge is -2.34. The molecule has 0 aromatic heterocycles. The van der Waals surface area contributed by atoms with Crippen LogP contribution in [0.4, 0.5) is 10.5 Å². The van der Waals surface area contributed by atoms with E-state index in [1.807, 2.05) is 42.5 Å². The van der Waals surface area contributed by atoms with Gasteiger partial charge in [-0.05, 0) is 61.7 Å². The molecule has 3 N–H and O–H groups in total. The molecule has 228 valence electrons. The summed E-state index contributed by atoms with van der Waals surface area (Å²) >= 11 is 0. The number of nitrogens with one attached hydrogen (secondary N) is 2. The quantitative estimate of drug-likeness (QED) is 0.164. The molecule has 0 saturated heterocycles. The van der Waals surface area contributed by atoms with Crippen molar-refractivity contribution in [3.8, 4) is 12.3 Å². The van der Waals surface area contributed by atoms with Crippen molar-refractivity contribution in [2.24, 2.45) is 0 Å². The highest BCUT2D eigenvalue weighted by Crippen LogP contribution is 2.28. The molecular weight excluding hydrogens is 542 g/mol. The van der Waals surface area contributed by atoms with E-state index in [9.17, 15) is 19.5 Å². The van der Waals surface area contributed by atoms with E-state index in [1.54, 1.807) is 45.0 Å². The Bertz CT molecular complexity index is 1440. The number of unbranched alkanes of at least 4 members (excludes halogenated alkanes) is 4. The molecule has 8 heteroatoms. The minimum absolute atomic E-state index is 0.212. The van der Waals surface area contributed by atoms with Crippen LogP contribution in [0.25, 0.3) is 10.8 Å². The maximum atomic E-state index is 14.2. The van der Waals surface area contributed by atoms with Gasteiger partial charge in [0.05, 0.1) is 6.61 Å². The molecule has 8 nitrogen and oxygen atoms in total. The number of ether oxygens (including phenoxy) is 1. The van der Waals surface area contributed by atoms with Crippen LogP contribution >= 0.6 is 0 Å². The third-order valence-electron chi connectivity index (χ3n) is 6.95. The lowest BCUT2D eigenvalue weighted by atomic mass is 9.97. The molecule has 0 spiro atoms. The van der Waals surface area contributed by atoms with Gasteiger partial charge in [0.15, 0.2) is 0 Å². The number of aliphatic hydroxyl groups excluding tert-OH is 1. The number of amides is 3. The van der Waals surface area contributed by atoms with Gasteiger partial charge in [0.2, 0.25) is 5.91 Å². The summed E-state index contributed by atoms with van der Waals surface area (Å²) in [6.07, 6.45) is 9.56. The standard InChI is InChI=1S/C35H43N3O5/c1-6-8-9-10-15-22-38(33(41)30(24-39)37-34(42)43-35(3,4)5)31(29-19-14-13-16-25(29)7-2)32(40)36-28-21-20-26-17-11-12-18-27(26)23-28/h2,11-14,16-21,23,30-31,39H,6,8-10,15,22,24H2,1,3-5H3,(H,36,40)(H,37,42). The molecule has 0 fully saturated rings. The summed E-state index contributed by atoms with van der Waals surface area (Å²) in [5.74, 6) is 1.56.